The first-order valence-electron chi connectivity index (χ1n) is 6.69. The summed E-state index contributed by atoms with van der Waals surface area (Å²) in [5.74, 6) is -2.31. The summed E-state index contributed by atoms with van der Waals surface area (Å²) in [6.45, 7) is 0. The quantitative estimate of drug-likeness (QED) is 0.794. The van der Waals surface area contributed by atoms with E-state index in [1.165, 1.54) is 0 Å². The number of amides is 1. The number of oxazole rings is 1. The molecule has 1 aromatic heterocycles. The van der Waals surface area contributed by atoms with Gasteiger partial charge in [-0.2, -0.15) is 0 Å². The standard InChI is InChI=1S/C14H14N2O5/c17-12(7-1-2-8(5-7)13(18)19)15-9-3-4-11-10(6-9)16-14(20)21-11/h3-4,6-8H,1-2,5H2,(H,15,17)(H,16,20)(H,18,19). The van der Waals surface area contributed by atoms with Gasteiger partial charge in [0.2, 0.25) is 5.91 Å². The van der Waals surface area contributed by atoms with E-state index in [2.05, 4.69) is 10.3 Å². The first-order chi connectivity index (χ1) is 10.0. The van der Waals surface area contributed by atoms with Gasteiger partial charge in [-0.25, -0.2) is 4.79 Å². The summed E-state index contributed by atoms with van der Waals surface area (Å²) in [6, 6.07) is 4.85. The Morgan fingerprint density at radius 3 is 2.76 bits per heavy atom. The highest BCUT2D eigenvalue weighted by Gasteiger charge is 2.33. The number of fused-ring (bicyclic) bond motifs is 1. The Labute approximate surface area is 119 Å². The zero-order chi connectivity index (χ0) is 15.0. The van der Waals surface area contributed by atoms with Crippen LogP contribution in [0.3, 0.4) is 0 Å². The van der Waals surface area contributed by atoms with Crippen LogP contribution < -0.4 is 11.1 Å². The van der Waals surface area contributed by atoms with Crippen LogP contribution in [0.1, 0.15) is 19.3 Å². The van der Waals surface area contributed by atoms with Crippen molar-refractivity contribution in [2.24, 2.45) is 11.8 Å². The second kappa shape index (κ2) is 5.08. The Kier molecular flexibility index (Phi) is 3.25. The maximum atomic E-state index is 12.1. The maximum Gasteiger partial charge on any atom is 0.417 e. The fourth-order valence-corrected chi connectivity index (χ4v) is 2.72. The molecule has 1 aromatic carbocycles. The van der Waals surface area contributed by atoms with E-state index < -0.39 is 17.6 Å². The second-order valence-electron chi connectivity index (χ2n) is 5.26. The van der Waals surface area contributed by atoms with Crippen molar-refractivity contribution in [3.63, 3.8) is 0 Å². The van der Waals surface area contributed by atoms with Gasteiger partial charge in [0.25, 0.3) is 0 Å². The van der Waals surface area contributed by atoms with Gasteiger partial charge in [-0.15, -0.1) is 0 Å². The topological polar surface area (TPSA) is 112 Å². The number of hydrogen-bond acceptors (Lipinski definition) is 4. The Morgan fingerprint density at radius 1 is 1.29 bits per heavy atom. The van der Waals surface area contributed by atoms with Gasteiger partial charge < -0.3 is 14.8 Å². The minimum absolute atomic E-state index is 0.191. The Bertz CT molecular complexity index is 760. The molecule has 0 bridgehead atoms. The van der Waals surface area contributed by atoms with Gasteiger partial charge >= 0.3 is 11.7 Å². The summed E-state index contributed by atoms with van der Waals surface area (Å²) >= 11 is 0. The normalized spacial score (nSPS) is 21.5. The largest absolute Gasteiger partial charge is 0.481 e. The Balaban J connectivity index is 1.71. The van der Waals surface area contributed by atoms with Crippen molar-refractivity contribution in [3.8, 4) is 0 Å². The number of aliphatic carboxylic acids is 1. The molecular weight excluding hydrogens is 276 g/mol. The minimum atomic E-state index is -0.845. The maximum absolute atomic E-state index is 12.1. The van der Waals surface area contributed by atoms with Crippen LogP contribution >= 0.6 is 0 Å². The lowest BCUT2D eigenvalue weighted by atomic mass is 10.0. The zero-order valence-electron chi connectivity index (χ0n) is 11.1. The zero-order valence-corrected chi connectivity index (χ0v) is 11.1. The van der Waals surface area contributed by atoms with Crippen molar-refractivity contribution in [2.75, 3.05) is 5.32 Å². The monoisotopic (exact) mass is 290 g/mol. The first kappa shape index (κ1) is 13.4. The van der Waals surface area contributed by atoms with E-state index >= 15 is 0 Å². The molecule has 3 N–H and O–H groups in total. The number of aromatic nitrogens is 1. The van der Waals surface area contributed by atoms with E-state index in [0.29, 0.717) is 36.0 Å². The highest BCUT2D eigenvalue weighted by Crippen LogP contribution is 2.32. The number of H-pyrrole nitrogens is 1. The summed E-state index contributed by atoms with van der Waals surface area (Å²) in [6.07, 6.45) is 1.47. The van der Waals surface area contributed by atoms with Gasteiger partial charge in [0.15, 0.2) is 5.58 Å². The second-order valence-corrected chi connectivity index (χ2v) is 5.26. The number of benzene rings is 1. The van der Waals surface area contributed by atoms with Gasteiger partial charge in [-0.3, -0.25) is 14.6 Å². The van der Waals surface area contributed by atoms with Crippen LogP contribution in [0.5, 0.6) is 0 Å². The third kappa shape index (κ3) is 2.67. The molecule has 7 heteroatoms. The third-order valence-corrected chi connectivity index (χ3v) is 3.84. The molecule has 3 rings (SSSR count). The molecule has 0 saturated heterocycles. The number of hydrogen-bond donors (Lipinski definition) is 3. The van der Waals surface area contributed by atoms with Crippen LogP contribution in [0.15, 0.2) is 27.4 Å². The fourth-order valence-electron chi connectivity index (χ4n) is 2.72. The molecule has 1 fully saturated rings. The van der Waals surface area contributed by atoms with Crippen molar-refractivity contribution < 1.29 is 19.1 Å². The molecule has 1 heterocycles. The number of anilines is 1. The van der Waals surface area contributed by atoms with E-state index in [-0.39, 0.29) is 11.8 Å². The molecule has 1 aliphatic rings. The summed E-state index contributed by atoms with van der Waals surface area (Å²) in [5.41, 5.74) is 1.47. The van der Waals surface area contributed by atoms with Gasteiger partial charge in [0.1, 0.15) is 0 Å². The van der Waals surface area contributed by atoms with Crippen LogP contribution in [0, 0.1) is 11.8 Å². The van der Waals surface area contributed by atoms with Crippen molar-refractivity contribution in [1.29, 1.82) is 0 Å². The molecular formula is C14H14N2O5. The lowest BCUT2D eigenvalue weighted by Gasteiger charge is -2.10. The molecule has 1 aliphatic carbocycles. The molecule has 2 unspecified atom stereocenters. The van der Waals surface area contributed by atoms with Gasteiger partial charge in [-0.1, -0.05) is 0 Å². The smallest absolute Gasteiger partial charge is 0.417 e. The molecule has 7 nitrogen and oxygen atoms in total. The van der Waals surface area contributed by atoms with Crippen LogP contribution in [0.4, 0.5) is 5.69 Å². The molecule has 0 aliphatic heterocycles. The molecule has 1 saturated carbocycles. The molecule has 2 atom stereocenters. The highest BCUT2D eigenvalue weighted by molar-refractivity contribution is 5.94. The first-order valence-corrected chi connectivity index (χ1v) is 6.69. The van der Waals surface area contributed by atoms with Crippen molar-refractivity contribution >= 4 is 28.7 Å². The van der Waals surface area contributed by atoms with E-state index in [9.17, 15) is 14.4 Å². The van der Waals surface area contributed by atoms with E-state index in [0.717, 1.165) is 0 Å². The van der Waals surface area contributed by atoms with Gasteiger partial charge in [0.05, 0.1) is 11.4 Å². The van der Waals surface area contributed by atoms with Crippen LogP contribution in [-0.2, 0) is 9.59 Å². The number of aromatic amines is 1. The molecule has 110 valence electrons. The summed E-state index contributed by atoms with van der Waals surface area (Å²) < 4.78 is 4.88. The molecule has 21 heavy (non-hydrogen) atoms. The number of carboxylic acids is 1. The number of rotatable bonds is 3. The summed E-state index contributed by atoms with van der Waals surface area (Å²) in [4.78, 5) is 36.6. The average molecular weight is 290 g/mol. The van der Waals surface area contributed by atoms with E-state index in [4.69, 9.17) is 9.52 Å². The van der Waals surface area contributed by atoms with Crippen LogP contribution in [-0.4, -0.2) is 22.0 Å². The Morgan fingerprint density at radius 2 is 2.05 bits per heavy atom. The minimum Gasteiger partial charge on any atom is -0.481 e. The van der Waals surface area contributed by atoms with Gasteiger partial charge in [-0.05, 0) is 37.5 Å². The summed E-state index contributed by atoms with van der Waals surface area (Å²) in [5, 5.41) is 11.7. The van der Waals surface area contributed by atoms with E-state index in [1.807, 2.05) is 0 Å². The summed E-state index contributed by atoms with van der Waals surface area (Å²) in [7, 11) is 0. The fraction of sp³-hybridized carbons (Fsp3) is 0.357. The predicted octanol–water partition coefficient (Wildman–Crippen LogP) is 1.56. The van der Waals surface area contributed by atoms with Gasteiger partial charge in [0, 0.05) is 11.6 Å². The number of carbonyl (C=O) groups is 2. The van der Waals surface area contributed by atoms with Crippen LogP contribution in [0.25, 0.3) is 11.1 Å². The van der Waals surface area contributed by atoms with E-state index in [1.54, 1.807) is 18.2 Å². The average Bonchev–Trinajstić information content (AvgIpc) is 3.03. The third-order valence-electron chi connectivity index (χ3n) is 3.84. The molecule has 0 radical (unpaired) electrons. The lowest BCUT2D eigenvalue weighted by Crippen LogP contribution is -2.21. The number of carboxylic acid groups (broad SMARTS) is 1. The SMILES string of the molecule is O=C(O)C1CCC(C(=O)Nc2ccc3oc(=O)[nH]c3c2)C1. The predicted molar refractivity (Wildman–Crippen MR) is 73.9 cm³/mol. The van der Waals surface area contributed by atoms with Crippen LogP contribution in [0.2, 0.25) is 0 Å². The van der Waals surface area contributed by atoms with Crippen molar-refractivity contribution in [1.82, 2.24) is 4.98 Å². The van der Waals surface area contributed by atoms with Crippen molar-refractivity contribution in [3.05, 3.63) is 28.7 Å². The highest BCUT2D eigenvalue weighted by atomic mass is 16.4. The molecule has 2 aromatic rings. The molecule has 1 amide bonds. The number of carbonyl (C=O) groups excluding carboxylic acids is 1. The van der Waals surface area contributed by atoms with Crippen molar-refractivity contribution in [2.45, 2.75) is 19.3 Å². The molecule has 0 spiro atoms. The lowest BCUT2D eigenvalue weighted by molar-refractivity contribution is -0.141. The number of nitrogens with one attached hydrogen (secondary N) is 2. The Hall–Kier alpha value is -2.57.